The molecule has 7 aliphatic rings. The summed E-state index contributed by atoms with van der Waals surface area (Å²) in [5.41, 5.74) is 27.8. The summed E-state index contributed by atoms with van der Waals surface area (Å²) in [5.74, 6) is -7.32. The van der Waals surface area contributed by atoms with E-state index in [1.807, 2.05) is 81.8 Å². The molecule has 1 aliphatic carbocycles. The van der Waals surface area contributed by atoms with Crippen LogP contribution in [0.3, 0.4) is 0 Å². The predicted molar refractivity (Wildman–Crippen MR) is 489 cm³/mol. The number of methoxy groups -OCH3 is 2. The number of ketones is 2. The second kappa shape index (κ2) is 44.1. The van der Waals surface area contributed by atoms with Crippen LogP contribution < -0.4 is 32.3 Å². The number of esters is 1. The van der Waals surface area contributed by atoms with Gasteiger partial charge in [0.25, 0.3) is 23.6 Å². The van der Waals surface area contributed by atoms with E-state index in [1.165, 1.54) is 13.4 Å². The lowest BCUT2D eigenvalue weighted by molar-refractivity contribution is -0.265. The molecule has 7 aromatic rings. The molecule has 4 amide bonds. The standard InChI is InChI=1S/C95H127N19O18/c1-56-14-10-9-11-15-57(2)76(126-7)46-69-22-17-61(6)95(125,132-69)85(120)89(122)113-27-13-12-16-72(113)90(123)129-77(47-73(115)58(3)41-60(5)83(118)84(119)82(117)59(4)40-56)70(96)43-62-19-23-75(78(44-62)127-8)131-94(124)103-50-64-48-99-92(100-49-64)111-35-33-109(34-36-111)79(116)26-38-128-39-37-108-29-31-110(32-30-108)93-101-51-68(52-102-93)88(121)112-28-25-65-42-63(18-20-67(65)54-112)53-114-87-80(86(97)104-55-105-87)81(107-114)66-21-24-74-71(45-66)106-91(98)130-74/h9-11,14-15,18,20-21,24,41-42,45,48-49,51-52,55-56,58-59,61-62,69-70,72-73,75-78,83-84,115,118-119,125H,12-13,16-17,19,22-23,25-40,43-44,46-47,50,53-54,96H2,1-8H3,(H2,98,106)(H,103,124)(H2,97,104,105)/b11-9+,14-10+,57-15+,60-41+/t56-,58-,59-,61-,62+,69+,70-,72+,73-,75-,76+,77+,78-,83-,84+,95-/m1/s1. The van der Waals surface area contributed by atoms with Crippen molar-refractivity contribution in [3.05, 3.63) is 143 Å². The van der Waals surface area contributed by atoms with Crippen LogP contribution in [0.4, 0.5) is 28.5 Å². The number of amides is 4. The lowest BCUT2D eigenvalue weighted by Gasteiger charge is -2.42. The molecule has 710 valence electrons. The molecular weight excluding hydrogens is 1700 g/mol. The third-order valence-corrected chi connectivity index (χ3v) is 27.1. The molecule has 5 aromatic heterocycles. The van der Waals surface area contributed by atoms with E-state index in [1.54, 1.807) is 71.7 Å². The summed E-state index contributed by atoms with van der Waals surface area (Å²) < 4.78 is 43.6. The number of hydrogen-bond acceptors (Lipinski definition) is 32. The van der Waals surface area contributed by atoms with E-state index in [-0.39, 0.29) is 80.4 Å². The fourth-order valence-corrected chi connectivity index (χ4v) is 19.1. The Morgan fingerprint density at radius 3 is 2.20 bits per heavy atom. The van der Waals surface area contributed by atoms with Crippen molar-refractivity contribution < 1.29 is 86.8 Å². The van der Waals surface area contributed by atoms with Crippen LogP contribution in [-0.2, 0) is 78.4 Å². The Bertz CT molecular complexity index is 5320. The molecule has 0 radical (unpaired) electrons. The number of hydrogen-bond donors (Lipinski definition) is 8. The van der Waals surface area contributed by atoms with Crippen molar-refractivity contribution in [2.24, 2.45) is 35.3 Å². The number of piperidine rings is 1. The van der Waals surface area contributed by atoms with Gasteiger partial charge in [0, 0.05) is 172 Å². The smallest absolute Gasteiger partial charge is 0.407 e. The molecule has 11 N–H and O–H groups in total. The van der Waals surface area contributed by atoms with Crippen molar-refractivity contribution in [3.8, 4) is 11.3 Å². The van der Waals surface area contributed by atoms with Crippen molar-refractivity contribution in [2.45, 2.75) is 218 Å². The van der Waals surface area contributed by atoms with E-state index in [9.17, 15) is 54.0 Å². The Balaban J connectivity index is 0.496. The number of aliphatic hydroxyl groups excluding tert-OH is 3. The first-order chi connectivity index (χ1) is 63.5. The molecule has 0 spiro atoms. The van der Waals surface area contributed by atoms with Gasteiger partial charge >= 0.3 is 12.1 Å². The highest BCUT2D eigenvalue weighted by Gasteiger charge is 2.53. The number of anilines is 4. The predicted octanol–water partition coefficient (Wildman–Crippen LogP) is 6.76. The van der Waals surface area contributed by atoms with Gasteiger partial charge < -0.3 is 100 Å². The summed E-state index contributed by atoms with van der Waals surface area (Å²) in [6.45, 7) is 18.4. The van der Waals surface area contributed by atoms with Crippen LogP contribution in [0.2, 0.25) is 0 Å². The van der Waals surface area contributed by atoms with Gasteiger partial charge in [-0.25, -0.2) is 44.2 Å². The fraction of sp³-hybridized carbons (Fsp3) is 0.568. The number of allylic oxidation sites excluding steroid dienone is 5. The largest absolute Gasteiger partial charge is 0.459 e. The Morgan fingerprint density at radius 2 is 1.46 bits per heavy atom. The van der Waals surface area contributed by atoms with Gasteiger partial charge in [-0.1, -0.05) is 82.4 Å². The van der Waals surface area contributed by atoms with E-state index < -0.39 is 114 Å². The van der Waals surface area contributed by atoms with Crippen LogP contribution in [0.15, 0.2) is 120 Å². The summed E-state index contributed by atoms with van der Waals surface area (Å²) >= 11 is 0. The number of nitrogens with one attached hydrogen (secondary N) is 1. The van der Waals surface area contributed by atoms with Crippen molar-refractivity contribution in [1.29, 1.82) is 0 Å². The lowest BCUT2D eigenvalue weighted by Crippen LogP contribution is -2.61. The highest BCUT2D eigenvalue weighted by Crippen LogP contribution is 2.40. The molecule has 14 rings (SSSR count). The summed E-state index contributed by atoms with van der Waals surface area (Å²) in [7, 11) is 3.08. The summed E-state index contributed by atoms with van der Waals surface area (Å²) in [6.07, 6.45) is 14.8. The third kappa shape index (κ3) is 23.5. The van der Waals surface area contributed by atoms with Gasteiger partial charge in [-0.15, -0.1) is 0 Å². The molecule has 132 heavy (non-hydrogen) atoms. The number of cyclic esters (lactones) is 1. The first kappa shape index (κ1) is 96.9. The molecule has 2 aromatic carbocycles. The Labute approximate surface area is 767 Å². The highest BCUT2D eigenvalue weighted by molar-refractivity contribution is 6.39. The number of ether oxygens (including phenoxy) is 6. The summed E-state index contributed by atoms with van der Waals surface area (Å²) in [5, 5.41) is 55.2. The van der Waals surface area contributed by atoms with Crippen LogP contribution in [0.1, 0.15) is 158 Å². The maximum atomic E-state index is 14.8. The third-order valence-electron chi connectivity index (χ3n) is 27.1. The normalized spacial score (nSPS) is 28.5. The average Bonchev–Trinajstić information content (AvgIpc) is 1.26. The van der Waals surface area contributed by atoms with Crippen molar-refractivity contribution in [3.63, 3.8) is 0 Å². The minimum atomic E-state index is -2.51. The lowest BCUT2D eigenvalue weighted by atomic mass is 9.80. The quantitative estimate of drug-likeness (QED) is 0.0169. The number of fused-ring (bicyclic) bond motifs is 6. The number of piperazine rings is 2. The van der Waals surface area contributed by atoms with E-state index in [2.05, 4.69) is 62.1 Å². The summed E-state index contributed by atoms with van der Waals surface area (Å²) in [4.78, 5) is 141. The highest BCUT2D eigenvalue weighted by atomic mass is 16.6. The first-order valence-electron chi connectivity index (χ1n) is 46.2. The van der Waals surface area contributed by atoms with Crippen LogP contribution >= 0.6 is 0 Å². The van der Waals surface area contributed by atoms with Crippen LogP contribution in [0, 0.1) is 29.6 Å². The van der Waals surface area contributed by atoms with Crippen LogP contribution in [-0.4, -0.2) is 292 Å². The number of oxazole rings is 1. The molecule has 2 bridgehead atoms. The van der Waals surface area contributed by atoms with Crippen LogP contribution in [0.25, 0.3) is 33.4 Å². The number of Topliss-reactive ketones (excluding diaryl/α,β-unsaturated/α-hetero) is 2. The van der Waals surface area contributed by atoms with E-state index in [0.717, 1.165) is 45.8 Å². The van der Waals surface area contributed by atoms with Crippen molar-refractivity contribution >= 4 is 87.2 Å². The zero-order valence-corrected chi connectivity index (χ0v) is 76.6. The van der Waals surface area contributed by atoms with E-state index in [0.29, 0.717) is 193 Å². The minimum Gasteiger partial charge on any atom is -0.459 e. The zero-order valence-electron chi connectivity index (χ0n) is 76.6. The number of nitrogen functional groups attached to an aromatic ring is 2. The van der Waals surface area contributed by atoms with Gasteiger partial charge in [-0.05, 0) is 142 Å². The molecule has 37 nitrogen and oxygen atoms in total. The van der Waals surface area contributed by atoms with Gasteiger partial charge in [0.2, 0.25) is 23.6 Å². The molecule has 6 aliphatic heterocycles. The number of aromatic nitrogens is 9. The summed E-state index contributed by atoms with van der Waals surface area (Å²) in [6, 6.07) is 9.70. The fourth-order valence-electron chi connectivity index (χ4n) is 19.1. The molecule has 16 atom stereocenters. The maximum Gasteiger partial charge on any atom is 0.407 e. The second-order valence-electron chi connectivity index (χ2n) is 36.5. The number of nitrogens with two attached hydrogens (primary N) is 3. The Kier molecular flexibility index (Phi) is 32.4. The molecule has 0 unspecified atom stereocenters. The van der Waals surface area contributed by atoms with Gasteiger partial charge in [0.1, 0.15) is 53.8 Å². The van der Waals surface area contributed by atoms with Gasteiger partial charge in [-0.3, -0.25) is 28.9 Å². The first-order valence-corrected chi connectivity index (χ1v) is 46.2. The minimum absolute atomic E-state index is 0.00652. The number of alkyl carbamates (subject to hydrolysis) is 1. The number of nitrogens with zero attached hydrogens (tertiary/aromatic N) is 15. The zero-order chi connectivity index (χ0) is 93.6. The van der Waals surface area contributed by atoms with Gasteiger partial charge in [0.15, 0.2) is 17.0 Å². The monoisotopic (exact) mass is 1820 g/mol. The van der Waals surface area contributed by atoms with Gasteiger partial charge in [0.05, 0.1) is 61.5 Å². The van der Waals surface area contributed by atoms with Crippen LogP contribution in [0.5, 0.6) is 0 Å². The second-order valence-corrected chi connectivity index (χ2v) is 36.5. The average molecular weight is 1820 g/mol. The van der Waals surface area contributed by atoms with E-state index >= 15 is 0 Å². The number of carbonyl (C=O) groups excluding carboxylic acids is 7. The Hall–Kier alpha value is -11.1. The molecule has 5 fully saturated rings. The number of aliphatic hydroxyl groups is 4. The van der Waals surface area contributed by atoms with Crippen molar-refractivity contribution in [2.75, 3.05) is 121 Å². The topological polar surface area (TPSA) is 487 Å². The molecule has 1 saturated carbocycles. The maximum absolute atomic E-state index is 14.8. The molecular formula is C95H127N19O18. The molecule has 11 heterocycles. The van der Waals surface area contributed by atoms with E-state index in [4.69, 9.17) is 55.1 Å². The van der Waals surface area contributed by atoms with Crippen molar-refractivity contribution in [1.82, 2.24) is 69.6 Å². The molecule has 37 heteroatoms. The number of benzene rings is 2. The number of carbonyl (C=O) groups is 7. The van der Waals surface area contributed by atoms with Gasteiger partial charge in [-0.2, -0.15) is 10.1 Å². The SMILES string of the molecule is CO[C@H]1C[C@@H]2CC[C@@H](C)[C@@](O)(O2)C(=O)C(=O)N2CCCC[C@H]2C(=O)O[C@H]([C@H](N)C[C@@H]2CC[C@@H](OC(=O)NCc3cnc(N4CCN(C(=O)CCOCCN5CCN(c6ncc(C(=O)N7CCc8cc(Cn9nc(-c%10ccc%11oc(N)nc%11c%10)c%10c(N)ncnc%109)ccc8C7)cn6)CC5)CC4)nc3)[C@H](OC)C2)C[C@@H](O)[C@H](C)/C=C(\C)[C@@H](O)[C@@H](O)C(=O)[C@H](C)C[C@H](C)/C=C/C=C/C=C/1C. The molecule has 4 saturated heterocycles. The number of rotatable bonds is 20. The Morgan fingerprint density at radius 1 is 0.720 bits per heavy atom.